The van der Waals surface area contributed by atoms with Gasteiger partial charge in [-0.1, -0.05) is 127 Å². The van der Waals surface area contributed by atoms with Gasteiger partial charge in [-0.2, -0.15) is 4.98 Å². The smallest absolute Gasteiger partial charge is 0.231 e. The Morgan fingerprint density at radius 2 is 1.17 bits per heavy atom. The number of furan rings is 1. The summed E-state index contributed by atoms with van der Waals surface area (Å²) < 4.78 is 8.69. The lowest BCUT2D eigenvalue weighted by atomic mass is 9.99. The van der Waals surface area contributed by atoms with Crippen LogP contribution < -0.4 is 0 Å². The molecule has 0 bridgehead atoms. The number of hydrogen-bond donors (Lipinski definition) is 0. The zero-order valence-corrected chi connectivity index (χ0v) is 25.8. The molecular formula is C44H27N3O. The van der Waals surface area contributed by atoms with E-state index < -0.39 is 0 Å². The fraction of sp³-hybridized carbons (Fsp3) is 0. The maximum absolute atomic E-state index is 6.30. The first kappa shape index (κ1) is 26.7. The van der Waals surface area contributed by atoms with Crippen LogP contribution in [-0.4, -0.2) is 14.5 Å². The molecule has 4 heteroatoms. The molecule has 0 amide bonds. The van der Waals surface area contributed by atoms with Gasteiger partial charge in [0.25, 0.3) is 0 Å². The van der Waals surface area contributed by atoms with Crippen molar-refractivity contribution in [1.29, 1.82) is 0 Å². The van der Waals surface area contributed by atoms with Crippen LogP contribution >= 0.6 is 0 Å². The molecule has 0 saturated heterocycles. The van der Waals surface area contributed by atoms with Gasteiger partial charge in [0.2, 0.25) is 5.71 Å². The topological polar surface area (TPSA) is 43.9 Å². The van der Waals surface area contributed by atoms with Crippen LogP contribution in [0.2, 0.25) is 0 Å². The highest BCUT2D eigenvalue weighted by atomic mass is 16.3. The molecule has 0 unspecified atom stereocenters. The number of rotatable bonds is 4. The molecule has 0 N–H and O–H groups in total. The normalized spacial score (nSPS) is 11.8. The Hall–Kier alpha value is -6.52. The van der Waals surface area contributed by atoms with Crippen LogP contribution in [0.4, 0.5) is 0 Å². The first-order chi connectivity index (χ1) is 23.8. The molecule has 0 aliphatic rings. The number of para-hydroxylation sites is 2. The van der Waals surface area contributed by atoms with Crippen molar-refractivity contribution in [2.75, 3.05) is 0 Å². The van der Waals surface area contributed by atoms with Crippen molar-refractivity contribution in [3.63, 3.8) is 0 Å². The fourth-order valence-electron chi connectivity index (χ4n) is 7.20. The van der Waals surface area contributed by atoms with Crippen molar-refractivity contribution >= 4 is 54.6 Å². The quantitative estimate of drug-likeness (QED) is 0.198. The number of hydrogen-bond acceptors (Lipinski definition) is 3. The van der Waals surface area contributed by atoms with Gasteiger partial charge >= 0.3 is 0 Å². The SMILES string of the molecule is c1ccc(-c2nc(-c3cccc(-c4ccc5c(c4)c4ccc6ccccc6c4n5-c4ccccc4)c3)nc3oc4ccccc4c23)cc1. The molecule has 0 aliphatic heterocycles. The lowest BCUT2D eigenvalue weighted by molar-refractivity contribution is 0.653. The van der Waals surface area contributed by atoms with E-state index in [-0.39, 0.29) is 0 Å². The Bertz CT molecular complexity index is 2830. The Balaban J connectivity index is 1.17. The van der Waals surface area contributed by atoms with Gasteiger partial charge in [-0.05, 0) is 52.9 Å². The molecule has 3 aromatic heterocycles. The van der Waals surface area contributed by atoms with Crippen LogP contribution in [0.5, 0.6) is 0 Å². The second-order valence-corrected chi connectivity index (χ2v) is 12.2. The van der Waals surface area contributed by atoms with Crippen molar-refractivity contribution < 1.29 is 4.42 Å². The Kier molecular flexibility index (Phi) is 5.84. The molecule has 0 radical (unpaired) electrons. The van der Waals surface area contributed by atoms with E-state index in [0.717, 1.165) is 50.0 Å². The summed E-state index contributed by atoms with van der Waals surface area (Å²) in [7, 11) is 0. The predicted octanol–water partition coefficient (Wildman–Crippen LogP) is 11.6. The molecule has 224 valence electrons. The summed E-state index contributed by atoms with van der Waals surface area (Å²) >= 11 is 0. The van der Waals surface area contributed by atoms with E-state index >= 15 is 0 Å². The summed E-state index contributed by atoms with van der Waals surface area (Å²) in [6.45, 7) is 0. The second kappa shape index (κ2) is 10.5. The molecule has 48 heavy (non-hydrogen) atoms. The minimum atomic E-state index is 0.591. The standard InChI is InChI=1S/C44H27N3O/c1-3-13-29(14-4-1)41-40-36-20-9-10-21-39(36)48-44(40)46-43(45-41)32-16-11-15-30(26-32)31-23-25-38-37(27-31)35-24-22-28-12-7-8-19-34(28)42(35)47(38)33-17-5-2-6-18-33/h1-27H. The minimum absolute atomic E-state index is 0.591. The van der Waals surface area contributed by atoms with Gasteiger partial charge in [-0.25, -0.2) is 4.98 Å². The maximum Gasteiger partial charge on any atom is 0.231 e. The minimum Gasteiger partial charge on any atom is -0.438 e. The number of aromatic nitrogens is 3. The predicted molar refractivity (Wildman–Crippen MR) is 197 cm³/mol. The summed E-state index contributed by atoms with van der Waals surface area (Å²) in [6.07, 6.45) is 0. The van der Waals surface area contributed by atoms with Crippen LogP contribution in [0.15, 0.2) is 168 Å². The van der Waals surface area contributed by atoms with E-state index in [1.807, 2.05) is 36.4 Å². The van der Waals surface area contributed by atoms with E-state index in [0.29, 0.717) is 11.5 Å². The van der Waals surface area contributed by atoms with Gasteiger partial charge in [-0.15, -0.1) is 0 Å². The summed E-state index contributed by atoms with van der Waals surface area (Å²) in [5.41, 5.74) is 10.0. The largest absolute Gasteiger partial charge is 0.438 e. The summed E-state index contributed by atoms with van der Waals surface area (Å²) in [6, 6.07) is 57.5. The average Bonchev–Trinajstić information content (AvgIpc) is 3.71. The maximum atomic E-state index is 6.30. The average molecular weight is 614 g/mol. The zero-order chi connectivity index (χ0) is 31.6. The van der Waals surface area contributed by atoms with Crippen LogP contribution in [0.3, 0.4) is 0 Å². The molecule has 0 aliphatic carbocycles. The lowest BCUT2D eigenvalue weighted by Crippen LogP contribution is -1.94. The van der Waals surface area contributed by atoms with Gasteiger partial charge in [0.05, 0.1) is 22.1 Å². The van der Waals surface area contributed by atoms with Crippen LogP contribution in [0, 0.1) is 0 Å². The molecule has 10 rings (SSSR count). The lowest BCUT2D eigenvalue weighted by Gasteiger charge is -2.10. The van der Waals surface area contributed by atoms with E-state index in [4.69, 9.17) is 14.4 Å². The monoisotopic (exact) mass is 613 g/mol. The Morgan fingerprint density at radius 1 is 0.458 bits per heavy atom. The van der Waals surface area contributed by atoms with Crippen LogP contribution in [0.1, 0.15) is 0 Å². The van der Waals surface area contributed by atoms with Crippen molar-refractivity contribution in [1.82, 2.24) is 14.5 Å². The van der Waals surface area contributed by atoms with Crippen molar-refractivity contribution in [3.05, 3.63) is 164 Å². The molecular weight excluding hydrogens is 587 g/mol. The molecule has 0 fully saturated rings. The van der Waals surface area contributed by atoms with Gasteiger partial charge in [0, 0.05) is 38.4 Å². The zero-order valence-electron chi connectivity index (χ0n) is 25.8. The van der Waals surface area contributed by atoms with Crippen molar-refractivity contribution in [2.24, 2.45) is 0 Å². The third-order valence-electron chi connectivity index (χ3n) is 9.41. The highest BCUT2D eigenvalue weighted by Gasteiger charge is 2.19. The number of benzene rings is 7. The van der Waals surface area contributed by atoms with E-state index in [1.54, 1.807) is 0 Å². The molecule has 0 spiro atoms. The van der Waals surface area contributed by atoms with Crippen molar-refractivity contribution in [3.8, 4) is 39.5 Å². The molecule has 4 nitrogen and oxygen atoms in total. The first-order valence-corrected chi connectivity index (χ1v) is 16.2. The molecule has 10 aromatic rings. The van der Waals surface area contributed by atoms with Gasteiger partial charge in [-0.3, -0.25) is 0 Å². The number of nitrogens with zero attached hydrogens (tertiary/aromatic N) is 3. The highest BCUT2D eigenvalue weighted by molar-refractivity contribution is 6.19. The van der Waals surface area contributed by atoms with Crippen molar-refractivity contribution in [2.45, 2.75) is 0 Å². The highest BCUT2D eigenvalue weighted by Crippen LogP contribution is 2.40. The summed E-state index contributed by atoms with van der Waals surface area (Å²) in [4.78, 5) is 10.2. The summed E-state index contributed by atoms with van der Waals surface area (Å²) in [5.74, 6) is 0.635. The Morgan fingerprint density at radius 3 is 2.04 bits per heavy atom. The second-order valence-electron chi connectivity index (χ2n) is 12.2. The third-order valence-corrected chi connectivity index (χ3v) is 9.41. The Labute approximate surface area is 276 Å². The summed E-state index contributed by atoms with van der Waals surface area (Å²) in [5, 5.41) is 6.87. The van der Waals surface area contributed by atoms with Crippen LogP contribution in [0.25, 0.3) is 94.1 Å². The molecule has 7 aromatic carbocycles. The third kappa shape index (κ3) is 4.10. The van der Waals surface area contributed by atoms with Gasteiger partial charge in [0.1, 0.15) is 5.58 Å². The fourth-order valence-corrected chi connectivity index (χ4v) is 7.20. The molecule has 0 saturated carbocycles. The van der Waals surface area contributed by atoms with Gasteiger partial charge < -0.3 is 8.98 Å². The van der Waals surface area contributed by atoms with Gasteiger partial charge in [0.15, 0.2) is 5.82 Å². The first-order valence-electron chi connectivity index (χ1n) is 16.2. The molecule has 3 heterocycles. The van der Waals surface area contributed by atoms with E-state index in [1.165, 1.54) is 32.6 Å². The van der Waals surface area contributed by atoms with E-state index in [9.17, 15) is 0 Å². The molecule has 0 atom stereocenters. The van der Waals surface area contributed by atoms with Crippen LogP contribution in [-0.2, 0) is 0 Å². The van der Waals surface area contributed by atoms with E-state index in [2.05, 4.69) is 132 Å². The number of fused-ring (bicyclic) bond motifs is 8.